The molecule has 30 heavy (non-hydrogen) atoms. The molecule has 164 valence electrons. The summed E-state index contributed by atoms with van der Waals surface area (Å²) in [5.74, 6) is 0. The van der Waals surface area contributed by atoms with Crippen molar-refractivity contribution >= 4 is 41.4 Å². The summed E-state index contributed by atoms with van der Waals surface area (Å²) >= 11 is 2.28. The summed E-state index contributed by atoms with van der Waals surface area (Å²) in [6, 6.07) is 14.0. The van der Waals surface area contributed by atoms with Crippen LogP contribution >= 0.6 is 0 Å². The van der Waals surface area contributed by atoms with Crippen LogP contribution in [0.3, 0.4) is 0 Å². The van der Waals surface area contributed by atoms with E-state index in [-0.39, 0.29) is 21.7 Å². The molecule has 0 aliphatic rings. The highest BCUT2D eigenvalue weighted by Crippen LogP contribution is 2.28. The predicted octanol–water partition coefficient (Wildman–Crippen LogP) is 5.08. The van der Waals surface area contributed by atoms with Gasteiger partial charge in [0.2, 0.25) is 0 Å². The summed E-state index contributed by atoms with van der Waals surface area (Å²) in [4.78, 5) is 0. The molecule has 0 aliphatic heterocycles. The number of rotatable bonds is 0. The standard InChI is InChI=1S/2C14H21.2Al.4H/c2*1-13(2,3)11-8-7-9-12(10-11)14(4,5)6;;;;;;/h2*7-8,10H,1-6H3;;;;;;. The SMILES string of the molecule is CC(C)(C)c1cc[c]([AlH2])c(C(C)(C)C)c1.CC(C)(C)c1cc[c]([AlH2])c(C(C)(C)C)c1. The first kappa shape index (κ1) is 27.5. The van der Waals surface area contributed by atoms with Gasteiger partial charge in [0.05, 0.1) is 0 Å². The molecule has 0 unspecified atom stereocenters. The van der Waals surface area contributed by atoms with Gasteiger partial charge in [-0.2, -0.15) is 0 Å². The lowest BCUT2D eigenvalue weighted by Gasteiger charge is -2.27. The third-order valence-corrected chi connectivity index (χ3v) is 7.57. The second-order valence-electron chi connectivity index (χ2n) is 13.1. The molecule has 0 atom stereocenters. The van der Waals surface area contributed by atoms with Crippen LogP contribution in [0.4, 0.5) is 0 Å². The maximum atomic E-state index is 2.41. The van der Waals surface area contributed by atoms with Crippen molar-refractivity contribution < 1.29 is 0 Å². The maximum absolute atomic E-state index is 2.41. The van der Waals surface area contributed by atoms with Gasteiger partial charge in [0, 0.05) is 0 Å². The molecule has 0 amide bonds. The summed E-state index contributed by atoms with van der Waals surface area (Å²) < 4.78 is 3.08. The molecule has 0 aromatic heterocycles. The van der Waals surface area contributed by atoms with Crippen LogP contribution in [0, 0.1) is 0 Å². The number of benzene rings is 2. The Balaban J connectivity index is 0.000000300. The Kier molecular flexibility index (Phi) is 8.77. The van der Waals surface area contributed by atoms with E-state index in [0.717, 1.165) is 32.6 Å². The Hall–Kier alpha value is -0.495. The minimum absolute atomic E-state index is 0.259. The molecule has 0 spiro atoms. The fourth-order valence-corrected chi connectivity index (χ4v) is 5.92. The first-order valence-corrected chi connectivity index (χ1v) is 13.5. The Morgan fingerprint density at radius 1 is 0.433 bits per heavy atom. The van der Waals surface area contributed by atoms with Crippen LogP contribution in [0.2, 0.25) is 0 Å². The van der Waals surface area contributed by atoms with Crippen molar-refractivity contribution in [1.82, 2.24) is 0 Å². The van der Waals surface area contributed by atoms with Gasteiger partial charge in [-0.3, -0.25) is 0 Å². The summed E-state index contributed by atoms with van der Waals surface area (Å²) in [5.41, 5.74) is 7.03. The lowest BCUT2D eigenvalue weighted by atomic mass is 9.81. The summed E-state index contributed by atoms with van der Waals surface area (Å²) in [7, 11) is 0. The topological polar surface area (TPSA) is 0 Å². The van der Waals surface area contributed by atoms with Crippen molar-refractivity contribution in [2.45, 2.75) is 105 Å². The van der Waals surface area contributed by atoms with E-state index in [0.29, 0.717) is 0 Å². The molecule has 0 saturated carbocycles. The molecule has 2 aromatic carbocycles. The highest BCUT2D eigenvalue weighted by Gasteiger charge is 2.21. The zero-order valence-electron chi connectivity index (χ0n) is 22.5. The van der Waals surface area contributed by atoms with Gasteiger partial charge in [-0.1, -0.05) is 131 Å². The molecular weight excluding hydrogens is 390 g/mol. The van der Waals surface area contributed by atoms with Crippen LogP contribution in [0.15, 0.2) is 36.4 Å². The second-order valence-corrected chi connectivity index (χ2v) is 15.2. The minimum atomic E-state index is 0.259. The molecule has 0 nitrogen and oxygen atoms in total. The molecule has 2 heteroatoms. The molecule has 0 heterocycles. The second kappa shape index (κ2) is 9.56. The van der Waals surface area contributed by atoms with E-state index in [1.54, 1.807) is 0 Å². The molecule has 0 aliphatic carbocycles. The van der Waals surface area contributed by atoms with Gasteiger partial charge in [-0.25, -0.2) is 0 Å². The lowest BCUT2D eigenvalue weighted by molar-refractivity contribution is 0.570. The molecule has 0 radical (unpaired) electrons. The van der Waals surface area contributed by atoms with Crippen LogP contribution in [-0.4, -0.2) is 32.6 Å². The van der Waals surface area contributed by atoms with Crippen LogP contribution in [0.25, 0.3) is 0 Å². The Labute approximate surface area is 204 Å². The van der Waals surface area contributed by atoms with Crippen molar-refractivity contribution in [3.8, 4) is 0 Å². The third-order valence-electron chi connectivity index (χ3n) is 5.82. The van der Waals surface area contributed by atoms with Gasteiger partial charge in [0.25, 0.3) is 32.6 Å². The van der Waals surface area contributed by atoms with Crippen LogP contribution in [-0.2, 0) is 21.7 Å². The average molecular weight is 437 g/mol. The van der Waals surface area contributed by atoms with Crippen molar-refractivity contribution in [3.63, 3.8) is 0 Å². The first-order valence-electron chi connectivity index (χ1n) is 11.5. The molecule has 0 N–H and O–H groups in total. The Morgan fingerprint density at radius 2 is 0.700 bits per heavy atom. The molecule has 2 rings (SSSR count). The fourth-order valence-electron chi connectivity index (χ4n) is 3.79. The van der Waals surface area contributed by atoms with E-state index >= 15 is 0 Å². The van der Waals surface area contributed by atoms with E-state index < -0.39 is 0 Å². The van der Waals surface area contributed by atoms with Gasteiger partial charge >= 0.3 is 0 Å². The Morgan fingerprint density at radius 3 is 0.900 bits per heavy atom. The van der Waals surface area contributed by atoms with Crippen molar-refractivity contribution in [2.24, 2.45) is 0 Å². The molecule has 0 fully saturated rings. The van der Waals surface area contributed by atoms with Crippen LogP contribution < -0.4 is 8.85 Å². The summed E-state index contributed by atoms with van der Waals surface area (Å²) in [6.45, 7) is 27.5. The average Bonchev–Trinajstić information content (AvgIpc) is 2.51. The molecule has 2 aromatic rings. The molecule has 0 bridgehead atoms. The fraction of sp³-hybridized carbons (Fsp3) is 0.571. The van der Waals surface area contributed by atoms with E-state index in [9.17, 15) is 0 Å². The van der Waals surface area contributed by atoms with Crippen molar-refractivity contribution in [3.05, 3.63) is 58.7 Å². The quantitative estimate of drug-likeness (QED) is 0.505. The Bertz CT molecular complexity index is 775. The van der Waals surface area contributed by atoms with Gasteiger partial charge < -0.3 is 0 Å². The minimum Gasteiger partial charge on any atom is -0.117 e. The number of hydrogen-bond acceptors (Lipinski definition) is 0. The van der Waals surface area contributed by atoms with Gasteiger partial charge in [0.15, 0.2) is 0 Å². The number of hydrogen-bond donors (Lipinski definition) is 0. The monoisotopic (exact) mass is 436 g/mol. The molecular formula is C28H46Al2. The predicted molar refractivity (Wildman–Crippen MR) is 144 cm³/mol. The first-order chi connectivity index (χ1) is 13.2. The third kappa shape index (κ3) is 7.88. The maximum Gasteiger partial charge on any atom is 0.259 e. The van der Waals surface area contributed by atoms with Gasteiger partial charge in [-0.05, 0) is 32.8 Å². The zero-order valence-corrected chi connectivity index (χ0v) is 26.5. The summed E-state index contributed by atoms with van der Waals surface area (Å²) in [6.07, 6.45) is 0. The van der Waals surface area contributed by atoms with E-state index in [1.807, 2.05) is 0 Å². The van der Waals surface area contributed by atoms with E-state index in [2.05, 4.69) is 119 Å². The van der Waals surface area contributed by atoms with Crippen LogP contribution in [0.1, 0.15) is 105 Å². The molecule has 0 saturated heterocycles. The van der Waals surface area contributed by atoms with Crippen LogP contribution in [0.5, 0.6) is 0 Å². The normalized spacial score (nSPS) is 12.9. The van der Waals surface area contributed by atoms with Gasteiger partial charge in [-0.15, -0.1) is 8.85 Å². The summed E-state index contributed by atoms with van der Waals surface area (Å²) in [5, 5.41) is 0. The largest absolute Gasteiger partial charge is 0.259 e. The highest BCUT2D eigenvalue weighted by atomic mass is 27.1. The van der Waals surface area contributed by atoms with Crippen molar-refractivity contribution in [2.75, 3.05) is 0 Å². The smallest absolute Gasteiger partial charge is 0.117 e. The highest BCUT2D eigenvalue weighted by molar-refractivity contribution is 6.33. The van der Waals surface area contributed by atoms with E-state index in [4.69, 9.17) is 0 Å². The lowest BCUT2D eigenvalue weighted by Crippen LogP contribution is -2.25. The van der Waals surface area contributed by atoms with E-state index in [1.165, 1.54) is 31.1 Å². The van der Waals surface area contributed by atoms with Gasteiger partial charge in [0.1, 0.15) is 0 Å². The zero-order chi connectivity index (χ0) is 23.7. The van der Waals surface area contributed by atoms with Crippen molar-refractivity contribution in [1.29, 1.82) is 0 Å².